The van der Waals surface area contributed by atoms with Crippen LogP contribution in [0, 0.1) is 6.92 Å². The van der Waals surface area contributed by atoms with Crippen LogP contribution in [0.25, 0.3) is 0 Å². The average molecular weight is 290 g/mol. The van der Waals surface area contributed by atoms with Gasteiger partial charge in [0.25, 0.3) is 5.91 Å². The zero-order valence-electron chi connectivity index (χ0n) is 13.1. The van der Waals surface area contributed by atoms with E-state index >= 15 is 0 Å². The molecule has 1 fully saturated rings. The number of nitrogens with zero attached hydrogens (tertiary/aromatic N) is 2. The number of nitrogens with one attached hydrogen (secondary N) is 2. The minimum absolute atomic E-state index is 0.105. The lowest BCUT2D eigenvalue weighted by molar-refractivity contribution is 0.0947. The molecule has 5 nitrogen and oxygen atoms in total. The first kappa shape index (κ1) is 15.7. The molecule has 0 unspecified atom stereocenters. The highest BCUT2D eigenvalue weighted by Crippen LogP contribution is 2.21. The van der Waals surface area contributed by atoms with Gasteiger partial charge in [0.05, 0.1) is 0 Å². The summed E-state index contributed by atoms with van der Waals surface area (Å²) in [5.74, 6) is 1.30. The van der Waals surface area contributed by atoms with Gasteiger partial charge in [-0.1, -0.05) is 32.6 Å². The van der Waals surface area contributed by atoms with E-state index in [-0.39, 0.29) is 5.91 Å². The first-order chi connectivity index (χ1) is 10.2. The van der Waals surface area contributed by atoms with Crippen molar-refractivity contribution in [1.29, 1.82) is 0 Å². The average Bonchev–Trinajstić information content (AvgIpc) is 2.95. The lowest BCUT2D eigenvalue weighted by Gasteiger charge is -2.13. The van der Waals surface area contributed by atoms with Crippen LogP contribution < -0.4 is 10.6 Å². The molecule has 1 amide bonds. The Kier molecular flexibility index (Phi) is 5.96. The molecule has 2 N–H and O–H groups in total. The van der Waals surface area contributed by atoms with E-state index in [1.807, 2.05) is 6.92 Å². The fourth-order valence-corrected chi connectivity index (χ4v) is 2.70. The zero-order valence-corrected chi connectivity index (χ0v) is 13.1. The predicted octanol–water partition coefficient (Wildman–Crippen LogP) is 3.06. The minimum Gasteiger partial charge on any atom is -0.367 e. The molecule has 0 aromatic carbocycles. The van der Waals surface area contributed by atoms with Crippen LogP contribution in [0.1, 0.15) is 68.2 Å². The molecule has 1 aliphatic rings. The van der Waals surface area contributed by atoms with E-state index in [1.54, 1.807) is 6.07 Å². The van der Waals surface area contributed by atoms with E-state index in [0.29, 0.717) is 24.1 Å². The maximum atomic E-state index is 12.1. The number of aromatic nitrogens is 2. The van der Waals surface area contributed by atoms with Crippen molar-refractivity contribution in [3.05, 3.63) is 17.6 Å². The van der Waals surface area contributed by atoms with E-state index in [2.05, 4.69) is 27.5 Å². The van der Waals surface area contributed by atoms with Crippen molar-refractivity contribution in [1.82, 2.24) is 15.3 Å². The van der Waals surface area contributed by atoms with Crippen LogP contribution in [0.3, 0.4) is 0 Å². The normalized spacial score (nSPS) is 15.1. The Morgan fingerprint density at radius 1 is 1.29 bits per heavy atom. The van der Waals surface area contributed by atoms with Crippen molar-refractivity contribution in [2.75, 3.05) is 11.9 Å². The minimum atomic E-state index is -0.105. The molecule has 0 radical (unpaired) electrons. The van der Waals surface area contributed by atoms with Crippen molar-refractivity contribution >= 4 is 11.7 Å². The largest absolute Gasteiger partial charge is 0.367 e. The highest BCUT2D eigenvalue weighted by molar-refractivity contribution is 5.92. The fourth-order valence-electron chi connectivity index (χ4n) is 2.70. The lowest BCUT2D eigenvalue weighted by atomic mass is 10.2. The summed E-state index contributed by atoms with van der Waals surface area (Å²) >= 11 is 0. The summed E-state index contributed by atoms with van der Waals surface area (Å²) in [5.41, 5.74) is 0.458. The molecule has 1 heterocycles. The number of aryl methyl sites for hydroxylation is 1. The first-order valence-corrected chi connectivity index (χ1v) is 8.09. The van der Waals surface area contributed by atoms with Crippen molar-refractivity contribution in [3.8, 4) is 0 Å². The molecule has 1 saturated carbocycles. The zero-order chi connectivity index (χ0) is 15.1. The topological polar surface area (TPSA) is 66.9 Å². The second-order valence-corrected chi connectivity index (χ2v) is 5.77. The molecule has 1 aliphatic carbocycles. The van der Waals surface area contributed by atoms with Crippen molar-refractivity contribution in [2.24, 2.45) is 0 Å². The molecule has 116 valence electrons. The van der Waals surface area contributed by atoms with Crippen LogP contribution in [0.2, 0.25) is 0 Å². The van der Waals surface area contributed by atoms with Gasteiger partial charge in [-0.25, -0.2) is 9.97 Å². The molecule has 21 heavy (non-hydrogen) atoms. The number of unbranched alkanes of at least 4 members (excludes halogenated alkanes) is 2. The van der Waals surface area contributed by atoms with Crippen molar-refractivity contribution < 1.29 is 4.79 Å². The van der Waals surface area contributed by atoms with Gasteiger partial charge >= 0.3 is 0 Å². The van der Waals surface area contributed by atoms with E-state index in [4.69, 9.17) is 0 Å². The number of rotatable bonds is 7. The molecule has 0 bridgehead atoms. The molecule has 0 aliphatic heterocycles. The molecular weight excluding hydrogens is 264 g/mol. The second kappa shape index (κ2) is 7.96. The van der Waals surface area contributed by atoms with Crippen molar-refractivity contribution in [2.45, 2.75) is 64.8 Å². The second-order valence-electron chi connectivity index (χ2n) is 5.77. The predicted molar refractivity (Wildman–Crippen MR) is 84.5 cm³/mol. The summed E-state index contributed by atoms with van der Waals surface area (Å²) in [4.78, 5) is 20.8. The van der Waals surface area contributed by atoms with E-state index in [9.17, 15) is 4.79 Å². The van der Waals surface area contributed by atoms with E-state index in [0.717, 1.165) is 25.1 Å². The van der Waals surface area contributed by atoms with Gasteiger partial charge < -0.3 is 10.6 Å². The number of amides is 1. The van der Waals surface area contributed by atoms with E-state index < -0.39 is 0 Å². The third-order valence-electron chi connectivity index (χ3n) is 3.84. The van der Waals surface area contributed by atoms with Gasteiger partial charge in [-0.3, -0.25) is 4.79 Å². The third-order valence-corrected chi connectivity index (χ3v) is 3.84. The Hall–Kier alpha value is -1.65. The van der Waals surface area contributed by atoms with Crippen LogP contribution in [0.5, 0.6) is 0 Å². The third kappa shape index (κ3) is 4.99. The molecule has 1 aromatic rings. The van der Waals surface area contributed by atoms with Gasteiger partial charge in [-0.05, 0) is 26.2 Å². The molecule has 5 heteroatoms. The van der Waals surface area contributed by atoms with Crippen LogP contribution in [0.4, 0.5) is 5.82 Å². The van der Waals surface area contributed by atoms with Crippen LogP contribution in [-0.2, 0) is 0 Å². The summed E-state index contributed by atoms with van der Waals surface area (Å²) in [5, 5.41) is 6.35. The SMILES string of the molecule is CCCCCNC(=O)c1cc(NC2CCCC2)nc(C)n1. The van der Waals surface area contributed by atoms with E-state index in [1.165, 1.54) is 25.7 Å². The Morgan fingerprint density at radius 2 is 2.05 bits per heavy atom. The first-order valence-electron chi connectivity index (χ1n) is 8.09. The number of carbonyl (C=O) groups excluding carboxylic acids is 1. The molecule has 0 atom stereocenters. The summed E-state index contributed by atoms with van der Waals surface area (Å²) in [6.07, 6.45) is 8.21. The van der Waals surface area contributed by atoms with Crippen LogP contribution in [-0.4, -0.2) is 28.5 Å². The Labute approximate surface area is 127 Å². The number of carbonyl (C=O) groups is 1. The van der Waals surface area contributed by atoms with Crippen LogP contribution >= 0.6 is 0 Å². The van der Waals surface area contributed by atoms with Gasteiger partial charge in [-0.2, -0.15) is 0 Å². The smallest absolute Gasteiger partial charge is 0.270 e. The molecule has 1 aromatic heterocycles. The molecule has 0 saturated heterocycles. The van der Waals surface area contributed by atoms with Gasteiger partial charge in [0, 0.05) is 18.7 Å². The molecular formula is C16H26N4O. The lowest BCUT2D eigenvalue weighted by Crippen LogP contribution is -2.26. The highest BCUT2D eigenvalue weighted by Gasteiger charge is 2.16. The Morgan fingerprint density at radius 3 is 2.76 bits per heavy atom. The number of hydrogen-bond acceptors (Lipinski definition) is 4. The molecule has 2 rings (SSSR count). The van der Waals surface area contributed by atoms with Crippen LogP contribution in [0.15, 0.2) is 6.07 Å². The monoisotopic (exact) mass is 290 g/mol. The van der Waals surface area contributed by atoms with Crippen molar-refractivity contribution in [3.63, 3.8) is 0 Å². The maximum absolute atomic E-state index is 12.1. The fraction of sp³-hybridized carbons (Fsp3) is 0.688. The summed E-state index contributed by atoms with van der Waals surface area (Å²) in [6.45, 7) is 4.69. The molecule has 0 spiro atoms. The van der Waals surface area contributed by atoms with Gasteiger partial charge in [0.2, 0.25) is 0 Å². The number of hydrogen-bond donors (Lipinski definition) is 2. The highest BCUT2D eigenvalue weighted by atomic mass is 16.1. The summed E-state index contributed by atoms with van der Waals surface area (Å²) in [7, 11) is 0. The maximum Gasteiger partial charge on any atom is 0.270 e. The summed E-state index contributed by atoms with van der Waals surface area (Å²) < 4.78 is 0. The van der Waals surface area contributed by atoms with Gasteiger partial charge in [-0.15, -0.1) is 0 Å². The quantitative estimate of drug-likeness (QED) is 0.757. The number of anilines is 1. The van der Waals surface area contributed by atoms with Gasteiger partial charge in [0.15, 0.2) is 0 Å². The standard InChI is InChI=1S/C16H26N4O/c1-3-4-7-10-17-16(21)14-11-15(19-12(2)18-14)20-13-8-5-6-9-13/h11,13H,3-10H2,1-2H3,(H,17,21)(H,18,19,20). The summed E-state index contributed by atoms with van der Waals surface area (Å²) in [6, 6.07) is 2.25. The van der Waals surface area contributed by atoms with Gasteiger partial charge in [0.1, 0.15) is 17.3 Å². The Bertz CT molecular complexity index is 469. The Balaban J connectivity index is 1.95.